The number of aromatic carboxylic acids is 1. The molecule has 0 aliphatic carbocycles. The number of nitrogens with two attached hydrogens (primary N) is 2. The molecular formula is C47H54N14O10. The van der Waals surface area contributed by atoms with Crippen LogP contribution < -0.4 is 32.7 Å². The highest BCUT2D eigenvalue weighted by Gasteiger charge is 2.28. The fourth-order valence-electron chi connectivity index (χ4n) is 7.49. The first kappa shape index (κ1) is 51.7. The van der Waals surface area contributed by atoms with E-state index in [9.17, 15) is 48.6 Å². The Morgan fingerprint density at radius 1 is 0.789 bits per heavy atom. The second-order valence-corrected chi connectivity index (χ2v) is 17.1. The molecule has 3 atom stereocenters. The number of hydrogen-bond acceptors (Lipinski definition) is 16. The number of carboxylic acids is 2. The minimum atomic E-state index is -1.32. The number of nitrogens with zero attached hydrogens (tertiary/aromatic N) is 8. The van der Waals surface area contributed by atoms with Crippen LogP contribution in [0.1, 0.15) is 91.3 Å². The van der Waals surface area contributed by atoms with E-state index in [1.165, 1.54) is 48.2 Å². The van der Waals surface area contributed by atoms with Gasteiger partial charge in [-0.15, -0.1) is 5.10 Å². The van der Waals surface area contributed by atoms with E-state index in [0.29, 0.717) is 49.0 Å². The highest BCUT2D eigenvalue weighted by Crippen LogP contribution is 2.26. The molecule has 4 heterocycles. The molecule has 71 heavy (non-hydrogen) atoms. The molecule has 10 N–H and O–H groups in total. The van der Waals surface area contributed by atoms with Crippen molar-refractivity contribution in [2.24, 2.45) is 5.92 Å². The van der Waals surface area contributed by atoms with Gasteiger partial charge in [-0.1, -0.05) is 37.6 Å². The first-order valence-electron chi connectivity index (χ1n) is 22.8. The van der Waals surface area contributed by atoms with Crippen LogP contribution in [0.4, 0.5) is 17.5 Å². The van der Waals surface area contributed by atoms with Gasteiger partial charge in [0.1, 0.15) is 23.8 Å². The fourth-order valence-corrected chi connectivity index (χ4v) is 7.49. The van der Waals surface area contributed by atoms with Gasteiger partial charge >= 0.3 is 11.9 Å². The average Bonchev–Trinajstić information content (AvgIpc) is 3.94. The Morgan fingerprint density at radius 3 is 2.21 bits per heavy atom. The fraction of sp³-hybridized carbons (Fsp3) is 0.362. The first-order valence-corrected chi connectivity index (χ1v) is 22.8. The van der Waals surface area contributed by atoms with Crippen LogP contribution in [0.15, 0.2) is 67.0 Å². The van der Waals surface area contributed by atoms with Crippen molar-refractivity contribution in [3.05, 3.63) is 89.4 Å². The highest BCUT2D eigenvalue weighted by atomic mass is 16.4. The summed E-state index contributed by atoms with van der Waals surface area (Å²) in [5.74, 6) is -5.69. The normalized spacial score (nSPS) is 13.5. The number of aromatic nitrogens is 7. The lowest BCUT2D eigenvalue weighted by Crippen LogP contribution is -2.53. The molecule has 0 radical (unpaired) electrons. The number of imide groups is 1. The van der Waals surface area contributed by atoms with E-state index >= 15 is 0 Å². The van der Waals surface area contributed by atoms with Gasteiger partial charge in [0.25, 0.3) is 17.7 Å². The van der Waals surface area contributed by atoms with Crippen LogP contribution in [0.25, 0.3) is 22.4 Å². The molecule has 6 amide bonds. The number of rotatable bonds is 24. The zero-order valence-corrected chi connectivity index (χ0v) is 39.1. The number of nitrogen functional groups attached to an aromatic ring is 2. The van der Waals surface area contributed by atoms with Crippen molar-refractivity contribution >= 4 is 76.0 Å². The van der Waals surface area contributed by atoms with Crippen LogP contribution in [-0.2, 0) is 48.2 Å². The van der Waals surface area contributed by atoms with Gasteiger partial charge in [0.05, 0.1) is 23.7 Å². The SMILES string of the molecule is CC(C)[C@H](NC(=O)CCCCCN1C(=O)C=CC1=O)C(=O)N[C@@H](C)C(=O)Nc1ccc(-c2cn(CCC[C@H](NC(=O)c3ccc(CCc4cnc5nc(N)nc(N)c5n4)cc3)C(=O)O)nn2)c(C(=O)O)c1. The molecule has 3 aromatic heterocycles. The predicted octanol–water partition coefficient (Wildman–Crippen LogP) is 2.06. The first-order chi connectivity index (χ1) is 33.9. The summed E-state index contributed by atoms with van der Waals surface area (Å²) in [5.41, 5.74) is 14.3. The smallest absolute Gasteiger partial charge is 0.336 e. The number of aryl methyl sites for hydroxylation is 3. The van der Waals surface area contributed by atoms with Gasteiger partial charge in [0.2, 0.25) is 23.7 Å². The monoisotopic (exact) mass is 974 g/mol. The second kappa shape index (κ2) is 23.5. The number of fused-ring (bicyclic) bond motifs is 1. The van der Waals surface area contributed by atoms with Crippen molar-refractivity contribution in [2.75, 3.05) is 23.3 Å². The number of carbonyl (C=O) groups excluding carboxylic acids is 6. The maximum absolute atomic E-state index is 13.2. The number of anilines is 3. The summed E-state index contributed by atoms with van der Waals surface area (Å²) in [6.07, 6.45) is 8.53. The summed E-state index contributed by atoms with van der Waals surface area (Å²) in [5, 5.41) is 38.6. The molecule has 24 heteroatoms. The van der Waals surface area contributed by atoms with Crippen molar-refractivity contribution in [2.45, 2.75) is 96.8 Å². The van der Waals surface area contributed by atoms with Crippen molar-refractivity contribution in [1.82, 2.24) is 55.8 Å². The van der Waals surface area contributed by atoms with Gasteiger partial charge in [-0.25, -0.2) is 19.6 Å². The number of nitrogens with one attached hydrogen (secondary N) is 4. The summed E-state index contributed by atoms with van der Waals surface area (Å²) in [6, 6.07) is 7.58. The lowest BCUT2D eigenvalue weighted by Gasteiger charge is -2.24. The lowest BCUT2D eigenvalue weighted by atomic mass is 10.0. The standard InChI is InChI=1S/C47H54N14O10/c1-25(2)38(55-35(62)9-5-4-6-21-61-36(63)18-19-37(61)64)44(67)51-26(3)42(65)53-29-16-17-31(32(22-29)45(68)69)34-24-60(59-58-34)20-7-8-33(46(70)71)54-43(66)28-13-10-27(11-14-28)12-15-30-23-50-41-39(52-30)40(48)56-47(49)57-41/h10-11,13-14,16-19,22-26,33,38H,4-9,12,15,20-21H2,1-3H3,(H,51,67)(H,53,65)(H,54,66)(H,55,62)(H,68,69)(H,70,71)(H4,48,49,50,56,57)/t26-,33-,38-/m0/s1. The third-order valence-electron chi connectivity index (χ3n) is 11.4. The van der Waals surface area contributed by atoms with Crippen molar-refractivity contribution in [3.8, 4) is 11.3 Å². The van der Waals surface area contributed by atoms with E-state index < -0.39 is 47.8 Å². The molecular weight excluding hydrogens is 921 g/mol. The van der Waals surface area contributed by atoms with Gasteiger partial charge < -0.3 is 42.9 Å². The van der Waals surface area contributed by atoms with E-state index in [0.717, 1.165) is 10.5 Å². The van der Waals surface area contributed by atoms with Gasteiger partial charge in [-0.05, 0) is 87.3 Å². The molecule has 0 unspecified atom stereocenters. The van der Waals surface area contributed by atoms with Gasteiger partial charge in [-0.2, -0.15) is 9.97 Å². The maximum atomic E-state index is 13.2. The molecule has 2 aromatic carbocycles. The molecule has 372 valence electrons. The van der Waals surface area contributed by atoms with E-state index in [2.05, 4.69) is 51.5 Å². The predicted molar refractivity (Wildman–Crippen MR) is 256 cm³/mol. The maximum Gasteiger partial charge on any atom is 0.336 e. The van der Waals surface area contributed by atoms with E-state index in [-0.39, 0.29) is 95.8 Å². The Balaban J connectivity index is 0.951. The van der Waals surface area contributed by atoms with E-state index in [1.54, 1.807) is 44.3 Å². The number of amides is 6. The number of unbranched alkanes of at least 4 members (excludes halogenated alkanes) is 2. The summed E-state index contributed by atoms with van der Waals surface area (Å²) < 4.78 is 1.41. The summed E-state index contributed by atoms with van der Waals surface area (Å²) in [6.45, 7) is 5.34. The zero-order valence-electron chi connectivity index (χ0n) is 39.1. The molecule has 0 saturated carbocycles. The minimum Gasteiger partial charge on any atom is -0.480 e. The van der Waals surface area contributed by atoms with Crippen molar-refractivity contribution in [1.29, 1.82) is 0 Å². The van der Waals surface area contributed by atoms with Crippen LogP contribution in [0.5, 0.6) is 0 Å². The molecule has 0 spiro atoms. The molecule has 1 aliphatic rings. The van der Waals surface area contributed by atoms with E-state index in [1.807, 2.05) is 0 Å². The topological polar surface area (TPSA) is 363 Å². The van der Waals surface area contributed by atoms with E-state index in [4.69, 9.17) is 11.5 Å². The number of hydrogen-bond donors (Lipinski definition) is 8. The largest absolute Gasteiger partial charge is 0.480 e. The van der Waals surface area contributed by atoms with Crippen LogP contribution in [-0.4, -0.2) is 122 Å². The van der Waals surface area contributed by atoms with Crippen LogP contribution >= 0.6 is 0 Å². The van der Waals surface area contributed by atoms with Gasteiger partial charge in [0.15, 0.2) is 17.0 Å². The Hall–Kier alpha value is -8.70. The molecule has 6 rings (SSSR count). The Kier molecular flexibility index (Phi) is 17.1. The molecule has 5 aromatic rings. The Morgan fingerprint density at radius 2 is 1.52 bits per heavy atom. The minimum absolute atomic E-state index is 0.00138. The van der Waals surface area contributed by atoms with Gasteiger partial charge in [0, 0.05) is 48.5 Å². The third-order valence-corrected chi connectivity index (χ3v) is 11.4. The Bertz CT molecular complexity index is 2850. The van der Waals surface area contributed by atoms with Crippen LogP contribution in [0.3, 0.4) is 0 Å². The number of carbonyl (C=O) groups is 8. The third kappa shape index (κ3) is 14.0. The van der Waals surface area contributed by atoms with Crippen molar-refractivity contribution < 1.29 is 48.6 Å². The summed E-state index contributed by atoms with van der Waals surface area (Å²) in [4.78, 5) is 118. The second-order valence-electron chi connectivity index (χ2n) is 17.1. The van der Waals surface area contributed by atoms with Crippen LogP contribution in [0.2, 0.25) is 0 Å². The number of benzene rings is 2. The molecule has 0 fully saturated rings. The summed E-state index contributed by atoms with van der Waals surface area (Å²) >= 11 is 0. The average molecular weight is 975 g/mol. The van der Waals surface area contributed by atoms with Crippen LogP contribution in [0, 0.1) is 5.92 Å². The lowest BCUT2D eigenvalue weighted by molar-refractivity contribution is -0.139. The molecule has 1 aliphatic heterocycles. The highest BCUT2D eigenvalue weighted by molar-refractivity contribution is 6.12. The zero-order chi connectivity index (χ0) is 51.4. The molecule has 0 bridgehead atoms. The molecule has 24 nitrogen and oxygen atoms in total. The van der Waals surface area contributed by atoms with Crippen molar-refractivity contribution in [3.63, 3.8) is 0 Å². The number of carboxylic acid groups (broad SMARTS) is 2. The summed E-state index contributed by atoms with van der Waals surface area (Å²) in [7, 11) is 0. The van der Waals surface area contributed by atoms with Gasteiger partial charge in [-0.3, -0.25) is 38.3 Å². The quantitative estimate of drug-likeness (QED) is 0.0324. The number of aliphatic carboxylic acids is 1. The molecule has 0 saturated heterocycles. The Labute approximate surface area is 406 Å².